The van der Waals surface area contributed by atoms with Crippen molar-refractivity contribution >= 4 is 10.9 Å². The van der Waals surface area contributed by atoms with Gasteiger partial charge in [0.15, 0.2) is 0 Å². The normalized spacial score (nSPS) is 24.6. The summed E-state index contributed by atoms with van der Waals surface area (Å²) < 4.78 is 1.99. The van der Waals surface area contributed by atoms with E-state index in [9.17, 15) is 0 Å². The maximum absolute atomic E-state index is 4.68. The number of nitrogens with one attached hydrogen (secondary N) is 1. The highest BCUT2D eigenvalue weighted by Crippen LogP contribution is 2.26. The number of benzene rings is 1. The summed E-state index contributed by atoms with van der Waals surface area (Å²) in [5, 5.41) is 9.58. The zero-order chi connectivity index (χ0) is 11.9. The van der Waals surface area contributed by atoms with E-state index in [-0.39, 0.29) is 5.54 Å². The molecule has 0 spiro atoms. The molecule has 1 unspecified atom stereocenters. The molecule has 1 N–H and O–H groups in total. The average Bonchev–Trinajstić information content (AvgIpc) is 2.86. The zero-order valence-electron chi connectivity index (χ0n) is 10.5. The van der Waals surface area contributed by atoms with Gasteiger partial charge < -0.3 is 5.32 Å². The van der Waals surface area contributed by atoms with Gasteiger partial charge in [-0.25, -0.2) is 0 Å². The maximum Gasteiger partial charge on any atom is 0.0721 e. The van der Waals surface area contributed by atoms with Gasteiger partial charge in [-0.1, -0.05) is 18.2 Å². The van der Waals surface area contributed by atoms with Gasteiger partial charge in [0, 0.05) is 24.4 Å². The fourth-order valence-electron chi connectivity index (χ4n) is 2.90. The number of aryl methyl sites for hydroxylation is 1. The van der Waals surface area contributed by atoms with Gasteiger partial charge in [-0.15, -0.1) is 0 Å². The summed E-state index contributed by atoms with van der Waals surface area (Å²) in [6.07, 6.45) is 3.55. The molecule has 0 radical (unpaired) electrons. The van der Waals surface area contributed by atoms with Gasteiger partial charge in [0.2, 0.25) is 0 Å². The second-order valence-electron chi connectivity index (χ2n) is 5.36. The molecule has 17 heavy (non-hydrogen) atoms. The SMILES string of the molecule is Cn1nc(CC2(C)CCCN2)c2ccccc21. The molecule has 1 atom stereocenters. The van der Waals surface area contributed by atoms with Crippen LogP contribution in [0.3, 0.4) is 0 Å². The Morgan fingerprint density at radius 2 is 2.24 bits per heavy atom. The molecule has 2 aromatic rings. The number of nitrogens with zero attached hydrogens (tertiary/aromatic N) is 2. The lowest BCUT2D eigenvalue weighted by Crippen LogP contribution is -2.38. The summed E-state index contributed by atoms with van der Waals surface area (Å²) in [6, 6.07) is 8.48. The number of fused-ring (bicyclic) bond motifs is 1. The molecule has 0 aliphatic carbocycles. The van der Waals surface area contributed by atoms with E-state index in [1.807, 2.05) is 11.7 Å². The van der Waals surface area contributed by atoms with E-state index in [0.717, 1.165) is 13.0 Å². The third-order valence-electron chi connectivity index (χ3n) is 3.85. The van der Waals surface area contributed by atoms with Gasteiger partial charge in [-0.05, 0) is 32.4 Å². The third-order valence-corrected chi connectivity index (χ3v) is 3.85. The van der Waals surface area contributed by atoms with Crippen molar-refractivity contribution in [1.82, 2.24) is 15.1 Å². The van der Waals surface area contributed by atoms with E-state index in [2.05, 4.69) is 41.6 Å². The lowest BCUT2D eigenvalue weighted by atomic mass is 9.93. The smallest absolute Gasteiger partial charge is 0.0721 e. The van der Waals surface area contributed by atoms with Crippen LogP contribution in [-0.4, -0.2) is 21.9 Å². The number of para-hydroxylation sites is 1. The van der Waals surface area contributed by atoms with Crippen LogP contribution in [0.5, 0.6) is 0 Å². The predicted molar refractivity (Wildman–Crippen MR) is 70.1 cm³/mol. The molecule has 1 aliphatic rings. The summed E-state index contributed by atoms with van der Waals surface area (Å²) in [4.78, 5) is 0. The molecule has 3 rings (SSSR count). The van der Waals surface area contributed by atoms with Gasteiger partial charge in [0.05, 0.1) is 11.2 Å². The summed E-state index contributed by atoms with van der Waals surface area (Å²) in [6.45, 7) is 3.45. The molecule has 0 saturated carbocycles. The molecule has 1 aromatic heterocycles. The predicted octanol–water partition coefficient (Wildman–Crippen LogP) is 2.26. The van der Waals surface area contributed by atoms with Crippen molar-refractivity contribution in [3.8, 4) is 0 Å². The first kappa shape index (κ1) is 10.8. The van der Waals surface area contributed by atoms with E-state index >= 15 is 0 Å². The van der Waals surface area contributed by atoms with Crippen LogP contribution in [0, 0.1) is 0 Å². The fourth-order valence-corrected chi connectivity index (χ4v) is 2.90. The molecule has 1 saturated heterocycles. The molecular formula is C14H19N3. The van der Waals surface area contributed by atoms with Crippen LogP contribution < -0.4 is 5.32 Å². The van der Waals surface area contributed by atoms with Crippen molar-refractivity contribution < 1.29 is 0 Å². The largest absolute Gasteiger partial charge is 0.311 e. The Bertz CT molecular complexity index is 535. The minimum Gasteiger partial charge on any atom is -0.311 e. The molecule has 1 fully saturated rings. The van der Waals surface area contributed by atoms with Gasteiger partial charge in [0.1, 0.15) is 0 Å². The molecule has 1 aliphatic heterocycles. The topological polar surface area (TPSA) is 29.9 Å². The molecule has 0 amide bonds. The monoisotopic (exact) mass is 229 g/mol. The van der Waals surface area contributed by atoms with Crippen LogP contribution in [0.15, 0.2) is 24.3 Å². The number of aromatic nitrogens is 2. The van der Waals surface area contributed by atoms with E-state index in [0.29, 0.717) is 0 Å². The van der Waals surface area contributed by atoms with Crippen LogP contribution in [0.1, 0.15) is 25.5 Å². The molecule has 3 nitrogen and oxygen atoms in total. The number of hydrogen-bond acceptors (Lipinski definition) is 2. The third kappa shape index (κ3) is 1.84. The van der Waals surface area contributed by atoms with Crippen molar-refractivity contribution in [2.24, 2.45) is 7.05 Å². The second-order valence-corrected chi connectivity index (χ2v) is 5.36. The minimum absolute atomic E-state index is 0.233. The molecule has 3 heteroatoms. The van der Waals surface area contributed by atoms with Crippen molar-refractivity contribution in [3.63, 3.8) is 0 Å². The highest BCUT2D eigenvalue weighted by molar-refractivity contribution is 5.81. The van der Waals surface area contributed by atoms with Gasteiger partial charge in [-0.2, -0.15) is 5.10 Å². The van der Waals surface area contributed by atoms with Crippen LogP contribution in [0.25, 0.3) is 10.9 Å². The van der Waals surface area contributed by atoms with Crippen molar-refractivity contribution in [2.75, 3.05) is 6.54 Å². The van der Waals surface area contributed by atoms with E-state index in [4.69, 9.17) is 0 Å². The van der Waals surface area contributed by atoms with Crippen molar-refractivity contribution in [1.29, 1.82) is 0 Å². The lowest BCUT2D eigenvalue weighted by Gasteiger charge is -2.23. The second kappa shape index (κ2) is 3.84. The van der Waals surface area contributed by atoms with Gasteiger partial charge in [0.25, 0.3) is 0 Å². The van der Waals surface area contributed by atoms with E-state index in [1.54, 1.807) is 0 Å². The molecule has 0 bridgehead atoms. The fraction of sp³-hybridized carbons (Fsp3) is 0.500. The molecule has 1 aromatic carbocycles. The van der Waals surface area contributed by atoms with Crippen molar-refractivity contribution in [2.45, 2.75) is 31.7 Å². The Kier molecular flexibility index (Phi) is 2.44. The van der Waals surface area contributed by atoms with Crippen LogP contribution in [0.2, 0.25) is 0 Å². The minimum atomic E-state index is 0.233. The summed E-state index contributed by atoms with van der Waals surface area (Å²) in [7, 11) is 2.02. The number of rotatable bonds is 2. The van der Waals surface area contributed by atoms with Gasteiger partial charge >= 0.3 is 0 Å². The van der Waals surface area contributed by atoms with Crippen molar-refractivity contribution in [3.05, 3.63) is 30.0 Å². The summed E-state index contributed by atoms with van der Waals surface area (Å²) in [5.41, 5.74) is 2.68. The first-order valence-electron chi connectivity index (χ1n) is 6.34. The first-order chi connectivity index (χ1) is 8.18. The Morgan fingerprint density at radius 1 is 1.41 bits per heavy atom. The molecule has 90 valence electrons. The Balaban J connectivity index is 2.00. The quantitative estimate of drug-likeness (QED) is 0.856. The van der Waals surface area contributed by atoms with Crippen LogP contribution >= 0.6 is 0 Å². The summed E-state index contributed by atoms with van der Waals surface area (Å²) in [5.74, 6) is 0. The molecular weight excluding hydrogens is 210 g/mol. The molecule has 2 heterocycles. The highest BCUT2D eigenvalue weighted by atomic mass is 15.3. The first-order valence-corrected chi connectivity index (χ1v) is 6.34. The average molecular weight is 229 g/mol. The van der Waals surface area contributed by atoms with Gasteiger partial charge in [-0.3, -0.25) is 4.68 Å². The van der Waals surface area contributed by atoms with E-state index < -0.39 is 0 Å². The number of hydrogen-bond donors (Lipinski definition) is 1. The maximum atomic E-state index is 4.68. The Labute approximate surface area is 102 Å². The highest BCUT2D eigenvalue weighted by Gasteiger charge is 2.29. The Morgan fingerprint density at radius 3 is 3.00 bits per heavy atom. The summed E-state index contributed by atoms with van der Waals surface area (Å²) >= 11 is 0. The lowest BCUT2D eigenvalue weighted by molar-refractivity contribution is 0.408. The standard InChI is InChI=1S/C14H19N3/c1-14(8-5-9-15-14)10-12-11-6-3-4-7-13(11)17(2)16-12/h3-4,6-7,15H,5,8-10H2,1-2H3. The van der Waals surface area contributed by atoms with E-state index in [1.165, 1.54) is 29.4 Å². The Hall–Kier alpha value is -1.35. The zero-order valence-corrected chi connectivity index (χ0v) is 10.5. The van der Waals surface area contributed by atoms with Crippen LogP contribution in [-0.2, 0) is 13.5 Å². The van der Waals surface area contributed by atoms with Crippen LogP contribution in [0.4, 0.5) is 0 Å².